The number of aldehydes is 2. The van der Waals surface area contributed by atoms with Crippen molar-refractivity contribution in [3.63, 3.8) is 0 Å². The number of hydrogen-bond acceptors (Lipinski definition) is 6. The van der Waals surface area contributed by atoms with Crippen LogP contribution in [-0.4, -0.2) is 47.8 Å². The van der Waals surface area contributed by atoms with Gasteiger partial charge in [0.25, 0.3) is 0 Å². The normalized spacial score (nSPS) is 20.7. The molecule has 6 heteroatoms. The molecule has 6 nitrogen and oxygen atoms in total. The Kier molecular flexibility index (Phi) is 4.66. The molecule has 0 radical (unpaired) electrons. The Morgan fingerprint density at radius 2 is 1.75 bits per heavy atom. The van der Waals surface area contributed by atoms with Gasteiger partial charge in [-0.05, 0) is 26.0 Å². The van der Waals surface area contributed by atoms with E-state index in [2.05, 4.69) is 14.9 Å². The van der Waals surface area contributed by atoms with Gasteiger partial charge in [0.05, 0.1) is 17.8 Å². The zero-order chi connectivity index (χ0) is 17.1. The molecule has 0 aliphatic carbocycles. The lowest BCUT2D eigenvalue weighted by molar-refractivity contribution is -0.00549. The Morgan fingerprint density at radius 1 is 1.04 bits per heavy atom. The van der Waals surface area contributed by atoms with Crippen LogP contribution in [0.2, 0.25) is 0 Å². The minimum Gasteiger partial charge on any atom is -0.372 e. The maximum atomic E-state index is 11.6. The average Bonchev–Trinajstić information content (AvgIpc) is 2.60. The van der Waals surface area contributed by atoms with Gasteiger partial charge in [0, 0.05) is 48.4 Å². The molecule has 0 unspecified atom stereocenters. The highest BCUT2D eigenvalue weighted by molar-refractivity contribution is 5.86. The van der Waals surface area contributed by atoms with Crippen molar-refractivity contribution in [3.8, 4) is 11.1 Å². The smallest absolute Gasteiger partial charge is 0.153 e. The van der Waals surface area contributed by atoms with E-state index in [0.29, 0.717) is 30.0 Å². The topological polar surface area (TPSA) is 72.4 Å². The van der Waals surface area contributed by atoms with Gasteiger partial charge in [0.1, 0.15) is 5.82 Å². The van der Waals surface area contributed by atoms with E-state index in [1.54, 1.807) is 24.5 Å². The van der Waals surface area contributed by atoms with Gasteiger partial charge in [-0.2, -0.15) is 0 Å². The minimum atomic E-state index is 0.0863. The molecule has 0 aromatic carbocycles. The van der Waals surface area contributed by atoms with Crippen LogP contribution in [0.5, 0.6) is 0 Å². The molecule has 1 saturated heterocycles. The van der Waals surface area contributed by atoms with E-state index in [0.717, 1.165) is 23.7 Å². The van der Waals surface area contributed by atoms with Gasteiger partial charge in [-0.15, -0.1) is 0 Å². The third kappa shape index (κ3) is 3.33. The highest BCUT2D eigenvalue weighted by Crippen LogP contribution is 2.26. The van der Waals surface area contributed by atoms with Crippen LogP contribution in [0.1, 0.15) is 34.6 Å². The first-order valence-corrected chi connectivity index (χ1v) is 7.87. The van der Waals surface area contributed by atoms with Crippen molar-refractivity contribution >= 4 is 18.4 Å². The van der Waals surface area contributed by atoms with Gasteiger partial charge < -0.3 is 9.64 Å². The molecule has 2 aromatic heterocycles. The third-order valence-electron chi connectivity index (χ3n) is 3.97. The number of ether oxygens (including phenoxy) is 1. The monoisotopic (exact) mass is 325 g/mol. The number of carbonyl (C=O) groups is 2. The van der Waals surface area contributed by atoms with Crippen molar-refractivity contribution in [1.29, 1.82) is 0 Å². The Hall–Kier alpha value is -2.60. The number of pyridine rings is 2. The summed E-state index contributed by atoms with van der Waals surface area (Å²) in [5, 5.41) is 0. The summed E-state index contributed by atoms with van der Waals surface area (Å²) in [7, 11) is 0. The maximum absolute atomic E-state index is 11.6. The lowest BCUT2D eigenvalue weighted by Gasteiger charge is -2.36. The first-order valence-electron chi connectivity index (χ1n) is 7.87. The average molecular weight is 325 g/mol. The molecule has 3 heterocycles. The van der Waals surface area contributed by atoms with Gasteiger partial charge in [0.2, 0.25) is 0 Å². The molecule has 0 spiro atoms. The molecule has 0 bridgehead atoms. The zero-order valence-corrected chi connectivity index (χ0v) is 13.7. The Balaban J connectivity index is 1.96. The summed E-state index contributed by atoms with van der Waals surface area (Å²) in [6.45, 7) is 5.40. The predicted molar refractivity (Wildman–Crippen MR) is 90.5 cm³/mol. The number of anilines is 1. The van der Waals surface area contributed by atoms with Crippen LogP contribution in [0.25, 0.3) is 11.1 Å². The first kappa shape index (κ1) is 16.3. The van der Waals surface area contributed by atoms with Crippen LogP contribution in [-0.2, 0) is 4.74 Å². The maximum Gasteiger partial charge on any atom is 0.153 e. The summed E-state index contributed by atoms with van der Waals surface area (Å²) in [6.07, 6.45) is 6.58. The van der Waals surface area contributed by atoms with Gasteiger partial charge in [-0.1, -0.05) is 0 Å². The van der Waals surface area contributed by atoms with Crippen molar-refractivity contribution in [1.82, 2.24) is 9.97 Å². The standard InChI is InChI=1S/C18H19N3O3/c1-12-8-21(9-13(2)24-12)18-17(11-23)4-16(7-20-18)15-3-14(10-22)5-19-6-15/h3-7,10-13H,8-9H2,1-2H3/t12-,13+. The predicted octanol–water partition coefficient (Wildman–Crippen LogP) is 2.38. The van der Waals surface area contributed by atoms with Crippen molar-refractivity contribution in [2.75, 3.05) is 18.0 Å². The number of carbonyl (C=O) groups excluding carboxylic acids is 2. The molecule has 1 fully saturated rings. The summed E-state index contributed by atoms with van der Waals surface area (Å²) in [6, 6.07) is 3.51. The molecular weight excluding hydrogens is 306 g/mol. The summed E-state index contributed by atoms with van der Waals surface area (Å²) in [5.74, 6) is 0.662. The molecule has 0 amide bonds. The molecule has 0 N–H and O–H groups in total. The van der Waals surface area contributed by atoms with Crippen molar-refractivity contribution in [2.45, 2.75) is 26.1 Å². The van der Waals surface area contributed by atoms with Crippen LogP contribution < -0.4 is 4.90 Å². The second-order valence-electron chi connectivity index (χ2n) is 6.04. The fourth-order valence-corrected chi connectivity index (χ4v) is 3.01. The quantitative estimate of drug-likeness (QED) is 0.804. The third-order valence-corrected chi connectivity index (χ3v) is 3.97. The Morgan fingerprint density at radius 3 is 2.42 bits per heavy atom. The summed E-state index contributed by atoms with van der Waals surface area (Å²) in [4.78, 5) is 33.1. The first-order chi connectivity index (χ1) is 11.6. The zero-order valence-electron chi connectivity index (χ0n) is 13.7. The van der Waals surface area contributed by atoms with Crippen LogP contribution in [0.3, 0.4) is 0 Å². The van der Waals surface area contributed by atoms with E-state index in [4.69, 9.17) is 4.74 Å². The number of rotatable bonds is 4. The van der Waals surface area contributed by atoms with Crippen LogP contribution in [0.4, 0.5) is 5.82 Å². The highest BCUT2D eigenvalue weighted by Gasteiger charge is 2.25. The Bertz CT molecular complexity index is 753. The summed E-state index contributed by atoms with van der Waals surface area (Å²) >= 11 is 0. The molecular formula is C18H19N3O3. The van der Waals surface area contributed by atoms with Gasteiger partial charge in [0.15, 0.2) is 12.6 Å². The molecule has 24 heavy (non-hydrogen) atoms. The second-order valence-corrected chi connectivity index (χ2v) is 6.04. The summed E-state index contributed by atoms with van der Waals surface area (Å²) < 4.78 is 5.73. The molecule has 2 aromatic rings. The fourth-order valence-electron chi connectivity index (χ4n) is 3.01. The number of aromatic nitrogens is 2. The van der Waals surface area contributed by atoms with Crippen LogP contribution >= 0.6 is 0 Å². The molecule has 124 valence electrons. The van der Waals surface area contributed by atoms with E-state index < -0.39 is 0 Å². The SMILES string of the molecule is C[C@@H]1CN(c2ncc(-c3cncc(C=O)c3)cc2C=O)C[C@H](C)O1. The van der Waals surface area contributed by atoms with Gasteiger partial charge >= 0.3 is 0 Å². The molecule has 0 saturated carbocycles. The summed E-state index contributed by atoms with van der Waals surface area (Å²) in [5.41, 5.74) is 2.52. The second kappa shape index (κ2) is 6.88. The van der Waals surface area contributed by atoms with Gasteiger partial charge in [-0.25, -0.2) is 4.98 Å². The lowest BCUT2D eigenvalue weighted by Crippen LogP contribution is -2.46. The van der Waals surface area contributed by atoms with Crippen molar-refractivity contribution in [3.05, 3.63) is 41.9 Å². The van der Waals surface area contributed by atoms with E-state index >= 15 is 0 Å². The Labute approximate surface area is 140 Å². The molecule has 1 aliphatic heterocycles. The largest absolute Gasteiger partial charge is 0.372 e. The molecule has 2 atom stereocenters. The van der Waals surface area contributed by atoms with E-state index in [1.807, 2.05) is 13.8 Å². The molecule has 3 rings (SSSR count). The van der Waals surface area contributed by atoms with E-state index in [9.17, 15) is 9.59 Å². The number of nitrogens with zero attached hydrogens (tertiary/aromatic N) is 3. The van der Waals surface area contributed by atoms with Crippen LogP contribution in [0.15, 0.2) is 30.7 Å². The minimum absolute atomic E-state index is 0.0863. The van der Waals surface area contributed by atoms with Crippen LogP contribution in [0, 0.1) is 0 Å². The lowest BCUT2D eigenvalue weighted by atomic mass is 10.1. The number of hydrogen-bond donors (Lipinski definition) is 0. The number of morpholine rings is 1. The van der Waals surface area contributed by atoms with E-state index in [-0.39, 0.29) is 12.2 Å². The fraction of sp³-hybridized carbons (Fsp3) is 0.333. The highest BCUT2D eigenvalue weighted by atomic mass is 16.5. The molecule has 1 aliphatic rings. The van der Waals surface area contributed by atoms with Crippen molar-refractivity contribution in [2.24, 2.45) is 0 Å². The van der Waals surface area contributed by atoms with E-state index in [1.165, 1.54) is 6.20 Å². The van der Waals surface area contributed by atoms with Crippen molar-refractivity contribution < 1.29 is 14.3 Å². The van der Waals surface area contributed by atoms with Gasteiger partial charge in [-0.3, -0.25) is 14.6 Å².